The van der Waals surface area contributed by atoms with Gasteiger partial charge in [-0.2, -0.15) is 13.2 Å². The Morgan fingerprint density at radius 3 is 2.76 bits per heavy atom. The zero-order valence-corrected chi connectivity index (χ0v) is 9.14. The highest BCUT2D eigenvalue weighted by Gasteiger charge is 2.26. The fourth-order valence-electron chi connectivity index (χ4n) is 0.909. The zero-order valence-electron chi connectivity index (χ0n) is 8.38. The molecule has 0 aliphatic rings. The largest absolute Gasteiger partial charge is 0.401 e. The molecular weight excluding hydrogens is 261 g/mol. The van der Waals surface area contributed by atoms with Crippen molar-refractivity contribution in [2.24, 2.45) is 0 Å². The van der Waals surface area contributed by atoms with E-state index in [0.717, 1.165) is 0 Å². The molecule has 1 aromatic rings. The first-order valence-corrected chi connectivity index (χ1v) is 4.80. The number of hydrogen-bond donors (Lipinski definition) is 2. The topological polar surface area (TPSA) is 66.9 Å². The Hall–Kier alpha value is -1.41. The average molecular weight is 269 g/mol. The van der Waals surface area contributed by atoms with E-state index >= 15 is 0 Å². The lowest BCUT2D eigenvalue weighted by Gasteiger charge is -2.08. The van der Waals surface area contributed by atoms with Gasteiger partial charge in [-0.05, 0) is 17.7 Å². The molecule has 0 saturated carbocycles. The van der Waals surface area contributed by atoms with E-state index < -0.39 is 25.2 Å². The number of nitrogens with zero attached hydrogens (tertiary/aromatic N) is 2. The minimum Gasteiger partial charge on any atom is -0.309 e. The van der Waals surface area contributed by atoms with Crippen molar-refractivity contribution in [2.45, 2.75) is 6.18 Å². The summed E-state index contributed by atoms with van der Waals surface area (Å²) in [4.78, 5) is 18.4. The highest BCUT2D eigenvalue weighted by atomic mass is 35.5. The Morgan fingerprint density at radius 2 is 2.18 bits per heavy atom. The van der Waals surface area contributed by atoms with Gasteiger partial charge < -0.3 is 10.6 Å². The summed E-state index contributed by atoms with van der Waals surface area (Å²) in [5, 5.41) is 4.15. The van der Waals surface area contributed by atoms with Gasteiger partial charge in [-0.3, -0.25) is 4.79 Å². The monoisotopic (exact) mass is 268 g/mol. The number of anilines is 1. The van der Waals surface area contributed by atoms with Crippen LogP contribution in [0.15, 0.2) is 12.3 Å². The summed E-state index contributed by atoms with van der Waals surface area (Å²) in [5.74, 6) is -0.521. The number of aromatic nitrogens is 2. The quantitative estimate of drug-likeness (QED) is 0.806. The van der Waals surface area contributed by atoms with Crippen LogP contribution in [0.4, 0.5) is 19.0 Å². The molecule has 0 saturated heterocycles. The van der Waals surface area contributed by atoms with Crippen LogP contribution in [0.2, 0.25) is 5.28 Å². The molecule has 1 amide bonds. The van der Waals surface area contributed by atoms with Crippen LogP contribution in [-0.4, -0.2) is 35.1 Å². The maximum absolute atomic E-state index is 11.8. The third-order valence-electron chi connectivity index (χ3n) is 1.50. The van der Waals surface area contributed by atoms with Crippen LogP contribution < -0.4 is 10.6 Å². The molecule has 0 spiro atoms. The van der Waals surface area contributed by atoms with Gasteiger partial charge in [0.25, 0.3) is 0 Å². The summed E-state index contributed by atoms with van der Waals surface area (Å²) < 4.78 is 35.3. The molecule has 0 fully saturated rings. The molecule has 1 heterocycles. The van der Waals surface area contributed by atoms with Gasteiger partial charge in [0.1, 0.15) is 5.82 Å². The maximum Gasteiger partial charge on any atom is 0.401 e. The molecule has 5 nitrogen and oxygen atoms in total. The van der Waals surface area contributed by atoms with Crippen LogP contribution in [0.3, 0.4) is 0 Å². The van der Waals surface area contributed by atoms with Gasteiger partial charge in [0, 0.05) is 6.20 Å². The fourth-order valence-corrected chi connectivity index (χ4v) is 1.06. The van der Waals surface area contributed by atoms with Crippen molar-refractivity contribution in [1.29, 1.82) is 0 Å². The molecule has 0 aliphatic heterocycles. The van der Waals surface area contributed by atoms with Crippen molar-refractivity contribution in [1.82, 2.24) is 15.3 Å². The normalized spacial score (nSPS) is 11.3. The lowest BCUT2D eigenvalue weighted by Crippen LogP contribution is -2.35. The number of hydrogen-bond acceptors (Lipinski definition) is 4. The van der Waals surface area contributed by atoms with Gasteiger partial charge >= 0.3 is 6.18 Å². The van der Waals surface area contributed by atoms with E-state index in [9.17, 15) is 18.0 Å². The lowest BCUT2D eigenvalue weighted by molar-refractivity contribution is -0.126. The second-order valence-corrected chi connectivity index (χ2v) is 3.32. The van der Waals surface area contributed by atoms with Gasteiger partial charge in [0.05, 0.1) is 13.1 Å². The number of rotatable bonds is 4. The molecule has 0 atom stereocenters. The predicted octanol–water partition coefficient (Wildman–Crippen LogP) is 1.22. The second-order valence-electron chi connectivity index (χ2n) is 2.98. The third kappa shape index (κ3) is 6.03. The number of amides is 1. The minimum atomic E-state index is -4.35. The van der Waals surface area contributed by atoms with E-state index in [0.29, 0.717) is 0 Å². The molecule has 1 aromatic heterocycles. The Labute approximate surface area is 99.4 Å². The molecular formula is C8H8ClF3N4O. The maximum atomic E-state index is 11.8. The predicted molar refractivity (Wildman–Crippen MR) is 54.6 cm³/mol. The molecule has 0 bridgehead atoms. The standard InChI is InChI=1S/C8H8ClF3N4O/c9-7-14-2-1-5(16-7)15-6(17)3-13-4-8(10,11)12/h1-2,13H,3-4H2,(H,14,15,16,17). The summed E-state index contributed by atoms with van der Waals surface area (Å²) in [5.41, 5.74) is 0. The highest BCUT2D eigenvalue weighted by molar-refractivity contribution is 6.28. The third-order valence-corrected chi connectivity index (χ3v) is 1.69. The van der Waals surface area contributed by atoms with Crippen molar-refractivity contribution in [2.75, 3.05) is 18.4 Å². The minimum absolute atomic E-state index is 0.0638. The highest BCUT2D eigenvalue weighted by Crippen LogP contribution is 2.12. The molecule has 0 aliphatic carbocycles. The van der Waals surface area contributed by atoms with Crippen molar-refractivity contribution in [3.63, 3.8) is 0 Å². The molecule has 0 radical (unpaired) electrons. The first kappa shape index (κ1) is 13.7. The first-order chi connectivity index (χ1) is 7.87. The lowest BCUT2D eigenvalue weighted by atomic mass is 10.5. The fraction of sp³-hybridized carbons (Fsp3) is 0.375. The van der Waals surface area contributed by atoms with E-state index in [1.165, 1.54) is 12.3 Å². The summed E-state index contributed by atoms with van der Waals surface area (Å²) in [6.07, 6.45) is -3.04. The summed E-state index contributed by atoms with van der Waals surface area (Å²) >= 11 is 5.45. The smallest absolute Gasteiger partial charge is 0.309 e. The molecule has 0 aromatic carbocycles. The van der Waals surface area contributed by atoms with Crippen LogP contribution >= 0.6 is 11.6 Å². The number of alkyl halides is 3. The molecule has 2 N–H and O–H groups in total. The number of nitrogens with one attached hydrogen (secondary N) is 2. The molecule has 94 valence electrons. The van der Waals surface area contributed by atoms with E-state index in [1.807, 2.05) is 5.32 Å². The van der Waals surface area contributed by atoms with Crippen LogP contribution in [0.1, 0.15) is 0 Å². The van der Waals surface area contributed by atoms with Crippen molar-refractivity contribution >= 4 is 23.3 Å². The number of carbonyl (C=O) groups is 1. The summed E-state index contributed by atoms with van der Waals surface area (Å²) in [7, 11) is 0. The van der Waals surface area contributed by atoms with E-state index in [1.54, 1.807) is 0 Å². The van der Waals surface area contributed by atoms with Crippen LogP contribution in [0, 0.1) is 0 Å². The molecule has 9 heteroatoms. The number of carbonyl (C=O) groups excluding carboxylic acids is 1. The molecule has 17 heavy (non-hydrogen) atoms. The average Bonchev–Trinajstić information content (AvgIpc) is 2.15. The number of halogens is 4. The van der Waals surface area contributed by atoms with Crippen LogP contribution in [0.5, 0.6) is 0 Å². The summed E-state index contributed by atoms with van der Waals surface area (Å²) in [6.45, 7) is -1.70. The zero-order chi connectivity index (χ0) is 12.9. The Kier molecular flexibility index (Phi) is 4.64. The molecule has 1 rings (SSSR count). The van der Waals surface area contributed by atoms with Crippen molar-refractivity contribution < 1.29 is 18.0 Å². The second kappa shape index (κ2) is 5.78. The Bertz CT molecular complexity index is 399. The Morgan fingerprint density at radius 1 is 1.47 bits per heavy atom. The molecule has 0 unspecified atom stereocenters. The van der Waals surface area contributed by atoms with Gasteiger partial charge in [-0.15, -0.1) is 0 Å². The van der Waals surface area contributed by atoms with Gasteiger partial charge in [0.2, 0.25) is 11.2 Å². The van der Waals surface area contributed by atoms with Crippen molar-refractivity contribution in [3.05, 3.63) is 17.5 Å². The van der Waals surface area contributed by atoms with E-state index in [2.05, 4.69) is 15.3 Å². The van der Waals surface area contributed by atoms with E-state index in [4.69, 9.17) is 11.6 Å². The van der Waals surface area contributed by atoms with Crippen LogP contribution in [-0.2, 0) is 4.79 Å². The van der Waals surface area contributed by atoms with E-state index in [-0.39, 0.29) is 11.1 Å². The first-order valence-electron chi connectivity index (χ1n) is 4.43. The van der Waals surface area contributed by atoms with Gasteiger partial charge in [-0.1, -0.05) is 0 Å². The summed E-state index contributed by atoms with van der Waals surface area (Å²) in [6, 6.07) is 1.37. The SMILES string of the molecule is O=C(CNCC(F)(F)F)Nc1ccnc(Cl)n1. The Balaban J connectivity index is 2.35. The van der Waals surface area contributed by atoms with Crippen LogP contribution in [0.25, 0.3) is 0 Å². The van der Waals surface area contributed by atoms with Gasteiger partial charge in [0.15, 0.2) is 0 Å². The van der Waals surface area contributed by atoms with Crippen molar-refractivity contribution in [3.8, 4) is 0 Å². The van der Waals surface area contributed by atoms with Gasteiger partial charge in [-0.25, -0.2) is 9.97 Å².